The first-order valence-electron chi connectivity index (χ1n) is 9.87. The quantitative estimate of drug-likeness (QED) is 0.350. The number of hydrogen-bond donors (Lipinski definition) is 0. The Hall–Kier alpha value is -2.84. The second-order valence-electron chi connectivity index (χ2n) is 7.61. The maximum atomic E-state index is 6.88. The van der Waals surface area contributed by atoms with Crippen molar-refractivity contribution in [3.8, 4) is 28.0 Å². The molecule has 0 bridgehead atoms. The van der Waals surface area contributed by atoms with Crippen LogP contribution in [0, 0.1) is 13.8 Å². The van der Waals surface area contributed by atoms with E-state index in [0.29, 0.717) is 5.02 Å². The highest BCUT2D eigenvalue weighted by molar-refractivity contribution is 6.37. The molecule has 0 saturated heterocycles. The first kappa shape index (κ1) is 19.5. The molecule has 0 aliphatic carbocycles. The van der Waals surface area contributed by atoms with E-state index in [1.807, 2.05) is 50.4 Å². The van der Waals surface area contributed by atoms with Crippen LogP contribution in [0.25, 0.3) is 33.2 Å². The Morgan fingerprint density at radius 3 is 1.97 bits per heavy atom. The number of aryl methyl sites for hydroxylation is 2. The lowest BCUT2D eigenvalue weighted by Crippen LogP contribution is -2.08. The van der Waals surface area contributed by atoms with E-state index in [-0.39, 0.29) is 6.10 Å². The molecule has 0 atom stereocenters. The van der Waals surface area contributed by atoms with Crippen LogP contribution in [0.5, 0.6) is 5.75 Å². The summed E-state index contributed by atoms with van der Waals surface area (Å²) in [6, 6.07) is 20.7. The van der Waals surface area contributed by atoms with E-state index in [0.717, 1.165) is 38.9 Å². The minimum Gasteiger partial charge on any atom is -0.488 e. The maximum Gasteiger partial charge on any atom is 0.153 e. The van der Waals surface area contributed by atoms with Gasteiger partial charge in [-0.25, -0.2) is 0 Å². The normalized spacial score (nSPS) is 11.2. The maximum absolute atomic E-state index is 6.88. The lowest BCUT2D eigenvalue weighted by atomic mass is 9.93. The molecule has 0 amide bonds. The number of hydrogen-bond acceptors (Lipinski definition) is 2. The zero-order chi connectivity index (χ0) is 20.5. The molecule has 0 aliphatic rings. The van der Waals surface area contributed by atoms with E-state index in [9.17, 15) is 0 Å². The zero-order valence-electron chi connectivity index (χ0n) is 17.2. The average Bonchev–Trinajstić information content (AvgIpc) is 2.70. The van der Waals surface area contributed by atoms with E-state index in [4.69, 9.17) is 21.3 Å². The van der Waals surface area contributed by atoms with Crippen LogP contribution in [0.4, 0.5) is 0 Å². The first-order chi connectivity index (χ1) is 14.0. The van der Waals surface area contributed by atoms with Gasteiger partial charge in [-0.1, -0.05) is 60.1 Å². The fourth-order valence-corrected chi connectivity index (χ4v) is 4.10. The van der Waals surface area contributed by atoms with Crippen LogP contribution in [0.3, 0.4) is 0 Å². The Morgan fingerprint density at radius 1 is 0.793 bits per heavy atom. The molecule has 29 heavy (non-hydrogen) atoms. The lowest BCUT2D eigenvalue weighted by molar-refractivity contribution is 0.246. The van der Waals surface area contributed by atoms with Gasteiger partial charge >= 0.3 is 0 Å². The summed E-state index contributed by atoms with van der Waals surface area (Å²) in [5, 5.41) is 1.61. The minimum atomic E-state index is 0.0195. The number of halogens is 1. The van der Waals surface area contributed by atoms with Crippen LogP contribution in [0.15, 0.2) is 66.9 Å². The molecule has 1 heterocycles. The number of rotatable bonds is 4. The van der Waals surface area contributed by atoms with Crippen molar-refractivity contribution < 1.29 is 4.74 Å². The van der Waals surface area contributed by atoms with Gasteiger partial charge in [0.25, 0.3) is 0 Å². The summed E-state index contributed by atoms with van der Waals surface area (Å²) in [5.41, 5.74) is 7.48. The molecule has 0 fully saturated rings. The van der Waals surface area contributed by atoms with Gasteiger partial charge in [0.05, 0.1) is 11.1 Å². The highest BCUT2D eigenvalue weighted by Crippen LogP contribution is 2.44. The minimum absolute atomic E-state index is 0.0195. The summed E-state index contributed by atoms with van der Waals surface area (Å²) in [5.74, 6) is 0.782. The standard InChI is InChI=1S/C26H24ClNO/c1-16(2)29-26-22(20-12-8-6-10-18(20)4)15-23(27)24-21(13-14-28-25(24)26)19-11-7-5-9-17(19)3/h5-16H,1-4H3. The Bertz CT molecular complexity index is 1200. The van der Waals surface area contributed by atoms with E-state index in [1.165, 1.54) is 11.1 Å². The predicted octanol–water partition coefficient (Wildman–Crippen LogP) is 7.63. The monoisotopic (exact) mass is 401 g/mol. The van der Waals surface area contributed by atoms with Gasteiger partial charge in [-0.2, -0.15) is 0 Å². The van der Waals surface area contributed by atoms with Crippen molar-refractivity contribution in [2.45, 2.75) is 33.8 Å². The molecule has 4 rings (SSSR count). The van der Waals surface area contributed by atoms with Gasteiger partial charge in [0.1, 0.15) is 5.52 Å². The molecule has 0 aliphatic heterocycles. The van der Waals surface area contributed by atoms with E-state index >= 15 is 0 Å². The van der Waals surface area contributed by atoms with Crippen molar-refractivity contribution in [1.29, 1.82) is 0 Å². The van der Waals surface area contributed by atoms with Gasteiger partial charge in [-0.05, 0) is 67.6 Å². The number of pyridine rings is 1. The van der Waals surface area contributed by atoms with Crippen molar-refractivity contribution in [1.82, 2.24) is 4.98 Å². The van der Waals surface area contributed by atoms with Gasteiger partial charge in [0.2, 0.25) is 0 Å². The molecule has 2 nitrogen and oxygen atoms in total. The van der Waals surface area contributed by atoms with Gasteiger partial charge < -0.3 is 4.74 Å². The fraction of sp³-hybridized carbons (Fsp3) is 0.192. The first-order valence-corrected chi connectivity index (χ1v) is 10.2. The van der Waals surface area contributed by atoms with E-state index < -0.39 is 0 Å². The largest absolute Gasteiger partial charge is 0.488 e. The Balaban J connectivity index is 2.09. The second-order valence-corrected chi connectivity index (χ2v) is 8.02. The highest BCUT2D eigenvalue weighted by atomic mass is 35.5. The molecule has 3 heteroatoms. The third-order valence-corrected chi connectivity index (χ3v) is 5.44. The molecular formula is C26H24ClNO. The third-order valence-electron chi connectivity index (χ3n) is 5.14. The van der Waals surface area contributed by atoms with Crippen LogP contribution in [0.2, 0.25) is 5.02 Å². The van der Waals surface area contributed by atoms with Crippen molar-refractivity contribution in [3.05, 3.63) is 83.0 Å². The molecular weight excluding hydrogens is 378 g/mol. The van der Waals surface area contributed by atoms with Crippen molar-refractivity contribution in [3.63, 3.8) is 0 Å². The SMILES string of the molecule is Cc1ccccc1-c1cc(Cl)c2c(-c3ccccc3C)ccnc2c1OC(C)C. The van der Waals surface area contributed by atoms with Gasteiger partial charge in [-0.15, -0.1) is 0 Å². The molecule has 3 aromatic carbocycles. The number of aromatic nitrogens is 1. The second kappa shape index (κ2) is 7.88. The van der Waals surface area contributed by atoms with Crippen LogP contribution in [-0.2, 0) is 0 Å². The van der Waals surface area contributed by atoms with Crippen molar-refractivity contribution >= 4 is 22.5 Å². The van der Waals surface area contributed by atoms with Crippen LogP contribution < -0.4 is 4.74 Å². The third kappa shape index (κ3) is 3.61. The molecule has 1 aromatic heterocycles. The number of nitrogens with zero attached hydrogens (tertiary/aromatic N) is 1. The predicted molar refractivity (Wildman–Crippen MR) is 123 cm³/mol. The summed E-state index contributed by atoms with van der Waals surface area (Å²) < 4.78 is 6.32. The average molecular weight is 402 g/mol. The summed E-state index contributed by atoms with van der Waals surface area (Å²) in [7, 11) is 0. The van der Waals surface area contributed by atoms with Crippen LogP contribution in [0.1, 0.15) is 25.0 Å². The molecule has 0 spiro atoms. The molecule has 0 N–H and O–H groups in total. The zero-order valence-corrected chi connectivity index (χ0v) is 17.9. The molecule has 0 unspecified atom stereocenters. The summed E-state index contributed by atoms with van der Waals surface area (Å²) in [6.07, 6.45) is 1.86. The van der Waals surface area contributed by atoms with Crippen LogP contribution in [-0.4, -0.2) is 11.1 Å². The molecule has 146 valence electrons. The van der Waals surface area contributed by atoms with Crippen molar-refractivity contribution in [2.75, 3.05) is 0 Å². The highest BCUT2D eigenvalue weighted by Gasteiger charge is 2.20. The summed E-state index contributed by atoms with van der Waals surface area (Å²) in [6.45, 7) is 8.28. The van der Waals surface area contributed by atoms with E-state index in [1.54, 1.807) is 0 Å². The van der Waals surface area contributed by atoms with Gasteiger partial charge in [0.15, 0.2) is 5.75 Å². The van der Waals surface area contributed by atoms with Crippen molar-refractivity contribution in [2.24, 2.45) is 0 Å². The smallest absolute Gasteiger partial charge is 0.153 e. The number of ether oxygens (including phenoxy) is 1. The summed E-state index contributed by atoms with van der Waals surface area (Å²) >= 11 is 6.88. The fourth-order valence-electron chi connectivity index (χ4n) is 3.80. The molecule has 4 aromatic rings. The van der Waals surface area contributed by atoms with E-state index in [2.05, 4.69) is 44.2 Å². The molecule has 0 saturated carbocycles. The number of fused-ring (bicyclic) bond motifs is 1. The molecule has 0 radical (unpaired) electrons. The Kier molecular flexibility index (Phi) is 5.29. The number of benzene rings is 3. The topological polar surface area (TPSA) is 22.1 Å². The van der Waals surface area contributed by atoms with Crippen LogP contribution >= 0.6 is 11.6 Å². The Morgan fingerprint density at radius 2 is 1.38 bits per heavy atom. The lowest BCUT2D eigenvalue weighted by Gasteiger charge is -2.20. The van der Waals surface area contributed by atoms with Gasteiger partial charge in [-0.3, -0.25) is 4.98 Å². The van der Waals surface area contributed by atoms with Gasteiger partial charge in [0, 0.05) is 17.1 Å². The Labute approximate surface area is 177 Å². The summed E-state index contributed by atoms with van der Waals surface area (Å²) in [4.78, 5) is 4.72.